The van der Waals surface area contributed by atoms with E-state index in [1.165, 1.54) is 13.0 Å². The molecule has 0 fully saturated rings. The summed E-state index contributed by atoms with van der Waals surface area (Å²) < 4.78 is 37.1. The van der Waals surface area contributed by atoms with Crippen LogP contribution in [0.15, 0.2) is 42.5 Å². The summed E-state index contributed by atoms with van der Waals surface area (Å²) in [6.07, 6.45) is 0. The van der Waals surface area contributed by atoms with E-state index in [4.69, 9.17) is 9.47 Å². The van der Waals surface area contributed by atoms with Crippen LogP contribution in [-0.2, 0) is 14.8 Å². The summed E-state index contributed by atoms with van der Waals surface area (Å²) in [5.74, 6) is 0.102. The van der Waals surface area contributed by atoms with Crippen molar-refractivity contribution >= 4 is 33.2 Å². The number of carbonyl (C=O) groups excluding carboxylic acids is 2. The predicted molar refractivity (Wildman–Crippen MR) is 122 cm³/mol. The van der Waals surface area contributed by atoms with Gasteiger partial charge in [0, 0.05) is 12.6 Å². The first kappa shape index (κ1) is 23.4. The lowest BCUT2D eigenvalue weighted by atomic mass is 10.1. The van der Waals surface area contributed by atoms with Gasteiger partial charge in [-0.1, -0.05) is 26.0 Å². The molecule has 2 amide bonds. The van der Waals surface area contributed by atoms with Crippen LogP contribution >= 0.6 is 0 Å². The van der Waals surface area contributed by atoms with Crippen molar-refractivity contribution in [2.45, 2.75) is 20.8 Å². The lowest BCUT2D eigenvalue weighted by molar-refractivity contribution is -0.114. The number of hydrogen-bond acceptors (Lipinski definition) is 6. The average Bonchev–Trinajstić information content (AvgIpc) is 3.24. The van der Waals surface area contributed by atoms with E-state index in [-0.39, 0.29) is 30.1 Å². The quantitative estimate of drug-likeness (QED) is 0.593. The number of sulfonamides is 1. The van der Waals surface area contributed by atoms with Crippen LogP contribution in [0, 0.1) is 5.92 Å². The van der Waals surface area contributed by atoms with E-state index in [9.17, 15) is 18.0 Å². The number of amides is 2. The van der Waals surface area contributed by atoms with E-state index in [2.05, 4.69) is 10.6 Å². The fourth-order valence-electron chi connectivity index (χ4n) is 3.05. The van der Waals surface area contributed by atoms with Gasteiger partial charge in [-0.25, -0.2) is 8.42 Å². The molecule has 1 aliphatic rings. The van der Waals surface area contributed by atoms with E-state index in [1.807, 2.05) is 13.8 Å². The zero-order valence-corrected chi connectivity index (χ0v) is 19.1. The number of nitrogens with zero attached hydrogens (tertiary/aromatic N) is 1. The minimum Gasteiger partial charge on any atom is -0.454 e. The van der Waals surface area contributed by atoms with Crippen LogP contribution < -0.4 is 24.4 Å². The molecule has 0 unspecified atom stereocenters. The first-order valence-electron chi connectivity index (χ1n) is 10.3. The molecule has 0 saturated heterocycles. The smallest absolute Gasteiger partial charge is 0.253 e. The van der Waals surface area contributed by atoms with E-state index in [0.29, 0.717) is 29.3 Å². The number of ether oxygens (including phenoxy) is 2. The van der Waals surface area contributed by atoms with Gasteiger partial charge in [0.15, 0.2) is 11.5 Å². The standard InChI is InChI=1S/C22H27N3O6S/c1-4-32(28,29)25(16-9-10-19-20(11-16)31-14-30-19)13-21(26)24-18-8-6-5-7-17(18)22(27)23-12-15(2)3/h5-11,15H,4,12-14H2,1-3H3,(H,23,27)(H,24,26). The highest BCUT2D eigenvalue weighted by molar-refractivity contribution is 7.92. The normalized spacial score (nSPS) is 12.5. The Morgan fingerprint density at radius 3 is 2.53 bits per heavy atom. The Morgan fingerprint density at radius 2 is 1.81 bits per heavy atom. The van der Waals surface area contributed by atoms with E-state index < -0.39 is 22.5 Å². The minimum absolute atomic E-state index is 0.0510. The Balaban J connectivity index is 1.80. The number of anilines is 2. The van der Waals surface area contributed by atoms with Crippen LogP contribution in [0.1, 0.15) is 31.1 Å². The molecule has 10 heteroatoms. The van der Waals surface area contributed by atoms with Gasteiger partial charge in [-0.05, 0) is 37.1 Å². The summed E-state index contributed by atoms with van der Waals surface area (Å²) in [6, 6.07) is 11.3. The third kappa shape index (κ3) is 5.50. The fraction of sp³-hybridized carbons (Fsp3) is 0.364. The molecule has 0 aliphatic carbocycles. The summed E-state index contributed by atoms with van der Waals surface area (Å²) in [6.45, 7) is 5.54. The molecule has 32 heavy (non-hydrogen) atoms. The average molecular weight is 462 g/mol. The number of para-hydroxylation sites is 1. The number of rotatable bonds is 9. The number of benzene rings is 2. The monoisotopic (exact) mass is 461 g/mol. The molecular formula is C22H27N3O6S. The van der Waals surface area contributed by atoms with Gasteiger partial charge in [0.2, 0.25) is 22.7 Å². The molecule has 2 aromatic carbocycles. The van der Waals surface area contributed by atoms with Crippen molar-refractivity contribution in [1.82, 2.24) is 5.32 Å². The van der Waals surface area contributed by atoms with Gasteiger partial charge in [-0.3, -0.25) is 13.9 Å². The molecule has 0 bridgehead atoms. The molecule has 1 heterocycles. The summed E-state index contributed by atoms with van der Waals surface area (Å²) in [7, 11) is -3.77. The first-order chi connectivity index (χ1) is 15.2. The Hall–Kier alpha value is -3.27. The Bertz CT molecular complexity index is 1100. The maximum atomic E-state index is 12.8. The van der Waals surface area contributed by atoms with E-state index >= 15 is 0 Å². The molecule has 172 valence electrons. The highest BCUT2D eigenvalue weighted by atomic mass is 32.2. The Morgan fingerprint density at radius 1 is 1.09 bits per heavy atom. The summed E-state index contributed by atoms with van der Waals surface area (Å²) in [4.78, 5) is 25.3. The minimum atomic E-state index is -3.77. The summed E-state index contributed by atoms with van der Waals surface area (Å²) >= 11 is 0. The van der Waals surface area contributed by atoms with Crippen molar-refractivity contribution in [3.63, 3.8) is 0 Å². The Labute approximate surface area is 187 Å². The first-order valence-corrected chi connectivity index (χ1v) is 11.9. The van der Waals surface area contributed by atoms with Crippen molar-refractivity contribution in [2.75, 3.05) is 35.3 Å². The molecule has 3 rings (SSSR count). The maximum absolute atomic E-state index is 12.8. The summed E-state index contributed by atoms with van der Waals surface area (Å²) in [5, 5.41) is 5.48. The van der Waals surface area contributed by atoms with Gasteiger partial charge >= 0.3 is 0 Å². The van der Waals surface area contributed by atoms with E-state index in [1.54, 1.807) is 36.4 Å². The van der Waals surface area contributed by atoms with Gasteiger partial charge in [-0.2, -0.15) is 0 Å². The van der Waals surface area contributed by atoms with Gasteiger partial charge in [0.05, 0.1) is 22.7 Å². The second-order valence-electron chi connectivity index (χ2n) is 7.64. The van der Waals surface area contributed by atoms with Crippen LogP contribution in [0.25, 0.3) is 0 Å². The van der Waals surface area contributed by atoms with Gasteiger partial charge in [0.1, 0.15) is 6.54 Å². The molecule has 0 atom stereocenters. The van der Waals surface area contributed by atoms with Crippen LogP contribution in [-0.4, -0.2) is 45.9 Å². The third-order valence-electron chi connectivity index (χ3n) is 4.75. The van der Waals surface area contributed by atoms with Crippen molar-refractivity contribution in [2.24, 2.45) is 5.92 Å². The van der Waals surface area contributed by atoms with Crippen LogP contribution in [0.4, 0.5) is 11.4 Å². The van der Waals surface area contributed by atoms with Crippen LogP contribution in [0.3, 0.4) is 0 Å². The number of fused-ring (bicyclic) bond motifs is 1. The predicted octanol–water partition coefficient (Wildman–Crippen LogP) is 2.60. The third-order valence-corrected chi connectivity index (χ3v) is 6.49. The zero-order chi connectivity index (χ0) is 23.3. The van der Waals surface area contributed by atoms with Crippen LogP contribution in [0.2, 0.25) is 0 Å². The lowest BCUT2D eigenvalue weighted by Crippen LogP contribution is -2.39. The number of nitrogens with one attached hydrogen (secondary N) is 2. The molecule has 0 spiro atoms. The zero-order valence-electron chi connectivity index (χ0n) is 18.3. The van der Waals surface area contributed by atoms with Gasteiger partial charge in [0.25, 0.3) is 5.91 Å². The second-order valence-corrected chi connectivity index (χ2v) is 9.82. The molecule has 2 N–H and O–H groups in total. The van der Waals surface area contributed by atoms with Gasteiger partial charge < -0.3 is 20.1 Å². The maximum Gasteiger partial charge on any atom is 0.253 e. The van der Waals surface area contributed by atoms with Crippen molar-refractivity contribution in [1.29, 1.82) is 0 Å². The largest absolute Gasteiger partial charge is 0.454 e. The number of hydrogen-bond donors (Lipinski definition) is 2. The molecule has 0 radical (unpaired) electrons. The van der Waals surface area contributed by atoms with E-state index in [0.717, 1.165) is 4.31 Å². The topological polar surface area (TPSA) is 114 Å². The molecule has 1 aliphatic heterocycles. The summed E-state index contributed by atoms with van der Waals surface area (Å²) in [5.41, 5.74) is 0.891. The van der Waals surface area contributed by atoms with Crippen molar-refractivity contribution in [3.05, 3.63) is 48.0 Å². The Kier molecular flexibility index (Phi) is 7.24. The molecular weight excluding hydrogens is 434 g/mol. The molecule has 2 aromatic rings. The lowest BCUT2D eigenvalue weighted by Gasteiger charge is -2.23. The molecule has 9 nitrogen and oxygen atoms in total. The highest BCUT2D eigenvalue weighted by Crippen LogP contribution is 2.36. The van der Waals surface area contributed by atoms with Crippen molar-refractivity contribution in [3.8, 4) is 11.5 Å². The van der Waals surface area contributed by atoms with Crippen LogP contribution in [0.5, 0.6) is 11.5 Å². The van der Waals surface area contributed by atoms with Gasteiger partial charge in [-0.15, -0.1) is 0 Å². The molecule has 0 aromatic heterocycles. The SMILES string of the molecule is CCS(=O)(=O)N(CC(=O)Nc1ccccc1C(=O)NCC(C)C)c1ccc2c(c1)OCO2. The fourth-order valence-corrected chi connectivity index (χ4v) is 4.11. The number of carbonyl (C=O) groups is 2. The molecule has 0 saturated carbocycles. The highest BCUT2D eigenvalue weighted by Gasteiger charge is 2.26. The second kappa shape index (κ2) is 9.90. The van der Waals surface area contributed by atoms with Crippen molar-refractivity contribution < 1.29 is 27.5 Å².